The van der Waals surface area contributed by atoms with Crippen LogP contribution in [0.15, 0.2) is 0 Å². The van der Waals surface area contributed by atoms with Gasteiger partial charge in [0.15, 0.2) is 6.10 Å². The van der Waals surface area contributed by atoms with Crippen molar-refractivity contribution in [1.82, 2.24) is 0 Å². The summed E-state index contributed by atoms with van der Waals surface area (Å²) < 4.78 is 10.7. The van der Waals surface area contributed by atoms with E-state index in [0.29, 0.717) is 12.8 Å². The maximum atomic E-state index is 12.2. The summed E-state index contributed by atoms with van der Waals surface area (Å²) in [5.74, 6) is 1.19. The molecule has 0 rings (SSSR count). The third-order valence-corrected chi connectivity index (χ3v) is 11.1. The van der Waals surface area contributed by atoms with Crippen LogP contribution in [-0.4, -0.2) is 36.4 Å². The van der Waals surface area contributed by atoms with Gasteiger partial charge in [-0.2, -0.15) is 0 Å². The Balaban J connectivity index is 3.45. The first-order valence-electron chi connectivity index (χ1n) is 23.3. The Kier molecular flexibility index (Phi) is 40.2. The average Bonchev–Trinajstić information content (AvgIpc) is 3.13. The smallest absolute Gasteiger partial charge is 0.306 e. The molecule has 1 N–H and O–H groups in total. The summed E-state index contributed by atoms with van der Waals surface area (Å²) in [7, 11) is 0. The predicted molar refractivity (Wildman–Crippen MR) is 224 cm³/mol. The minimum Gasteiger partial charge on any atom is -0.462 e. The van der Waals surface area contributed by atoms with Crippen molar-refractivity contribution in [2.24, 2.45) is 11.8 Å². The fourth-order valence-corrected chi connectivity index (χ4v) is 7.19. The summed E-state index contributed by atoms with van der Waals surface area (Å²) >= 11 is 0. The molecule has 2 atom stereocenters. The molecule has 5 heteroatoms. The maximum Gasteiger partial charge on any atom is 0.306 e. The van der Waals surface area contributed by atoms with E-state index in [0.717, 1.165) is 43.9 Å². The number of carbonyl (C=O) groups excluding carboxylic acids is 2. The molecule has 0 aliphatic heterocycles. The van der Waals surface area contributed by atoms with E-state index in [9.17, 15) is 14.7 Å². The number of esters is 2. The largest absolute Gasteiger partial charge is 0.462 e. The SMILES string of the molecule is CCC(C)CCCCCCCCCCCCCCCCCCCCC(=O)O[C@@H](CO)COC(=O)CCCCCCCCCCCCCCCC(C)C. The molecule has 0 aromatic heterocycles. The molecular formula is C47H92O5. The molecule has 0 aliphatic carbocycles. The molecular weight excluding hydrogens is 645 g/mol. The molecule has 0 radical (unpaired) electrons. The van der Waals surface area contributed by atoms with E-state index in [2.05, 4.69) is 27.7 Å². The summed E-state index contributed by atoms with van der Waals surface area (Å²) in [5.41, 5.74) is 0. The van der Waals surface area contributed by atoms with Gasteiger partial charge in [-0.25, -0.2) is 0 Å². The lowest BCUT2D eigenvalue weighted by atomic mass is 9.99. The number of aliphatic hydroxyl groups is 1. The number of hydrogen-bond acceptors (Lipinski definition) is 5. The fraction of sp³-hybridized carbons (Fsp3) is 0.957. The van der Waals surface area contributed by atoms with Gasteiger partial charge in [-0.3, -0.25) is 9.59 Å². The zero-order valence-corrected chi connectivity index (χ0v) is 35.7. The van der Waals surface area contributed by atoms with Gasteiger partial charge < -0.3 is 14.6 Å². The molecule has 0 saturated carbocycles. The summed E-state index contributed by atoms with van der Waals surface area (Å²) in [6.07, 6.45) is 44.6. The third-order valence-electron chi connectivity index (χ3n) is 11.1. The van der Waals surface area contributed by atoms with E-state index < -0.39 is 6.10 Å². The lowest BCUT2D eigenvalue weighted by molar-refractivity contribution is -0.161. The molecule has 0 aliphatic rings. The first-order chi connectivity index (χ1) is 25.4. The minimum absolute atomic E-state index is 0.0577. The van der Waals surface area contributed by atoms with Crippen molar-refractivity contribution in [2.45, 2.75) is 265 Å². The summed E-state index contributed by atoms with van der Waals surface area (Å²) in [4.78, 5) is 24.4. The van der Waals surface area contributed by atoms with Crippen LogP contribution in [0.1, 0.15) is 259 Å². The van der Waals surface area contributed by atoms with Crippen LogP contribution in [0.3, 0.4) is 0 Å². The van der Waals surface area contributed by atoms with Gasteiger partial charge in [0, 0.05) is 12.8 Å². The second kappa shape index (κ2) is 41.1. The molecule has 0 heterocycles. The molecule has 0 spiro atoms. The van der Waals surface area contributed by atoms with Crippen molar-refractivity contribution in [3.05, 3.63) is 0 Å². The zero-order chi connectivity index (χ0) is 38.2. The van der Waals surface area contributed by atoms with E-state index in [-0.39, 0.29) is 25.2 Å². The van der Waals surface area contributed by atoms with Crippen LogP contribution >= 0.6 is 0 Å². The molecule has 0 aromatic carbocycles. The summed E-state index contributed by atoms with van der Waals surface area (Å²) in [6, 6.07) is 0. The Morgan fingerprint density at radius 1 is 0.442 bits per heavy atom. The zero-order valence-electron chi connectivity index (χ0n) is 35.7. The number of rotatable bonds is 42. The molecule has 0 amide bonds. The van der Waals surface area contributed by atoms with Crippen molar-refractivity contribution < 1.29 is 24.2 Å². The molecule has 5 nitrogen and oxygen atoms in total. The highest BCUT2D eigenvalue weighted by Crippen LogP contribution is 2.18. The van der Waals surface area contributed by atoms with Gasteiger partial charge in [0.25, 0.3) is 0 Å². The van der Waals surface area contributed by atoms with Gasteiger partial charge in [-0.05, 0) is 24.7 Å². The standard InChI is InChI=1S/C47H92O5/c1-5-44(4)38-34-30-26-22-18-14-10-8-6-7-9-11-15-20-24-28-32-36-40-47(50)52-45(41-48)42-51-46(49)39-35-31-27-23-19-16-12-13-17-21-25-29-33-37-43(2)3/h43-45,48H,5-42H2,1-4H3/t44?,45-/m0/s1. The quantitative estimate of drug-likeness (QED) is 0.0499. The highest BCUT2D eigenvalue weighted by atomic mass is 16.6. The first-order valence-corrected chi connectivity index (χ1v) is 23.3. The van der Waals surface area contributed by atoms with E-state index in [1.165, 1.54) is 186 Å². The van der Waals surface area contributed by atoms with Crippen molar-refractivity contribution in [3.63, 3.8) is 0 Å². The monoisotopic (exact) mass is 737 g/mol. The number of carbonyl (C=O) groups is 2. The van der Waals surface area contributed by atoms with Gasteiger partial charge in [-0.15, -0.1) is 0 Å². The first kappa shape index (κ1) is 50.9. The Morgan fingerprint density at radius 3 is 1.08 bits per heavy atom. The van der Waals surface area contributed by atoms with Crippen LogP contribution in [0, 0.1) is 11.8 Å². The van der Waals surface area contributed by atoms with E-state index in [4.69, 9.17) is 9.47 Å². The van der Waals surface area contributed by atoms with E-state index in [1.54, 1.807) is 0 Å². The average molecular weight is 737 g/mol. The summed E-state index contributed by atoms with van der Waals surface area (Å²) in [6.45, 7) is 8.94. The topological polar surface area (TPSA) is 72.8 Å². The molecule has 310 valence electrons. The number of hydrogen-bond donors (Lipinski definition) is 1. The van der Waals surface area contributed by atoms with Gasteiger partial charge in [-0.1, -0.05) is 233 Å². The Labute approximate surface area is 325 Å². The number of ether oxygens (including phenoxy) is 2. The molecule has 0 fully saturated rings. The highest BCUT2D eigenvalue weighted by Gasteiger charge is 2.16. The number of aliphatic hydroxyl groups excluding tert-OH is 1. The minimum atomic E-state index is -0.764. The molecule has 0 aromatic rings. The Morgan fingerprint density at radius 2 is 0.750 bits per heavy atom. The van der Waals surface area contributed by atoms with Crippen LogP contribution in [0.4, 0.5) is 0 Å². The third kappa shape index (κ3) is 40.1. The number of unbranched alkanes of at least 4 members (excludes halogenated alkanes) is 29. The Hall–Kier alpha value is -1.10. The van der Waals surface area contributed by atoms with Crippen molar-refractivity contribution in [1.29, 1.82) is 0 Å². The van der Waals surface area contributed by atoms with E-state index >= 15 is 0 Å². The van der Waals surface area contributed by atoms with Crippen LogP contribution in [0.5, 0.6) is 0 Å². The van der Waals surface area contributed by atoms with E-state index in [1.807, 2.05) is 0 Å². The second-order valence-electron chi connectivity index (χ2n) is 16.9. The van der Waals surface area contributed by atoms with Crippen molar-refractivity contribution >= 4 is 11.9 Å². The van der Waals surface area contributed by atoms with Crippen LogP contribution in [0.2, 0.25) is 0 Å². The predicted octanol–water partition coefficient (Wildman–Crippen LogP) is 14.8. The van der Waals surface area contributed by atoms with Gasteiger partial charge in [0.05, 0.1) is 6.61 Å². The highest BCUT2D eigenvalue weighted by molar-refractivity contribution is 5.70. The van der Waals surface area contributed by atoms with Crippen LogP contribution in [0.25, 0.3) is 0 Å². The van der Waals surface area contributed by atoms with Crippen LogP contribution in [-0.2, 0) is 19.1 Å². The van der Waals surface area contributed by atoms with Crippen molar-refractivity contribution in [2.75, 3.05) is 13.2 Å². The van der Waals surface area contributed by atoms with Gasteiger partial charge in [0.1, 0.15) is 6.61 Å². The molecule has 1 unspecified atom stereocenters. The second-order valence-corrected chi connectivity index (χ2v) is 16.9. The summed E-state index contributed by atoms with van der Waals surface area (Å²) in [5, 5.41) is 9.60. The van der Waals surface area contributed by atoms with Crippen molar-refractivity contribution in [3.8, 4) is 0 Å². The fourth-order valence-electron chi connectivity index (χ4n) is 7.19. The molecule has 0 bridgehead atoms. The lowest BCUT2D eigenvalue weighted by Gasteiger charge is -2.15. The maximum absolute atomic E-state index is 12.2. The molecule has 52 heavy (non-hydrogen) atoms. The van der Waals surface area contributed by atoms with Gasteiger partial charge >= 0.3 is 11.9 Å². The Bertz CT molecular complexity index is 737. The molecule has 0 saturated heterocycles. The van der Waals surface area contributed by atoms with Crippen LogP contribution < -0.4 is 0 Å². The lowest BCUT2D eigenvalue weighted by Crippen LogP contribution is -2.28. The van der Waals surface area contributed by atoms with Gasteiger partial charge in [0.2, 0.25) is 0 Å². The normalized spacial score (nSPS) is 12.7.